The quantitative estimate of drug-likeness (QED) is 0.374. The first kappa shape index (κ1) is 8.93. The van der Waals surface area contributed by atoms with E-state index < -0.39 is 0 Å². The van der Waals surface area contributed by atoms with Gasteiger partial charge in [-0.05, 0) is 26.7 Å². The Morgan fingerprint density at radius 2 is 2.12 bits per heavy atom. The van der Waals surface area contributed by atoms with Crippen LogP contribution in [0.15, 0.2) is 12.4 Å². The Kier molecular flexibility index (Phi) is 1.26. The minimum atomic E-state index is -0.115. The minimum Gasteiger partial charge on any atom is -0.618 e. The van der Waals surface area contributed by atoms with E-state index in [2.05, 4.69) is 18.8 Å². The molecule has 4 rings (SSSR count). The van der Waals surface area contributed by atoms with Gasteiger partial charge in [0, 0.05) is 5.92 Å². The van der Waals surface area contributed by atoms with Crippen LogP contribution in [-0.2, 0) is 4.74 Å². The fourth-order valence-corrected chi connectivity index (χ4v) is 4.10. The Morgan fingerprint density at radius 1 is 1.44 bits per heavy atom. The van der Waals surface area contributed by atoms with Crippen LogP contribution < -0.4 is 4.73 Å². The molecule has 2 bridgehead atoms. The van der Waals surface area contributed by atoms with Gasteiger partial charge in [0.1, 0.15) is 11.3 Å². The second kappa shape index (κ2) is 2.25. The normalized spacial score (nSPS) is 41.4. The largest absolute Gasteiger partial charge is 0.618 e. The van der Waals surface area contributed by atoms with E-state index in [1.165, 1.54) is 6.20 Å². The Labute approximate surface area is 93.8 Å². The molecule has 1 saturated carbocycles. The lowest BCUT2D eigenvalue weighted by atomic mass is 9.85. The lowest BCUT2D eigenvalue weighted by molar-refractivity contribution is -0.616. The first-order chi connectivity index (χ1) is 7.58. The Morgan fingerprint density at radius 3 is 2.75 bits per heavy atom. The third-order valence-corrected chi connectivity index (χ3v) is 4.68. The highest BCUT2D eigenvalue weighted by Crippen LogP contribution is 2.72. The summed E-state index contributed by atoms with van der Waals surface area (Å²) in [5.74, 6) is 0.595. The summed E-state index contributed by atoms with van der Waals surface area (Å²) in [6, 6.07) is 0. The smallest absolute Gasteiger partial charge is 0.220 e. The molecule has 1 aromatic rings. The highest BCUT2D eigenvalue weighted by molar-refractivity contribution is 5.44. The minimum absolute atomic E-state index is 0.0907. The monoisotopic (exact) mass is 218 g/mol. The van der Waals surface area contributed by atoms with Gasteiger partial charge in [0.05, 0.1) is 17.7 Å². The van der Waals surface area contributed by atoms with E-state index in [4.69, 9.17) is 4.74 Å². The molecule has 0 amide bonds. The van der Waals surface area contributed by atoms with Crippen molar-refractivity contribution >= 4 is 0 Å². The molecular formula is C12H14N2O2. The second-order valence-corrected chi connectivity index (χ2v) is 5.61. The number of hydrogen-bond acceptors (Lipinski definition) is 3. The van der Waals surface area contributed by atoms with Crippen molar-refractivity contribution in [1.29, 1.82) is 0 Å². The average molecular weight is 218 g/mol. The van der Waals surface area contributed by atoms with Gasteiger partial charge < -0.3 is 9.94 Å². The van der Waals surface area contributed by atoms with E-state index >= 15 is 0 Å². The first-order valence-electron chi connectivity index (χ1n) is 5.86. The van der Waals surface area contributed by atoms with Gasteiger partial charge in [-0.3, -0.25) is 0 Å². The topological polar surface area (TPSA) is 52.4 Å². The molecule has 4 heteroatoms. The molecule has 2 aliphatic carbocycles. The number of nitrogens with zero attached hydrogens (tertiary/aromatic N) is 2. The van der Waals surface area contributed by atoms with Crippen molar-refractivity contribution in [1.82, 2.24) is 4.98 Å². The maximum atomic E-state index is 11.8. The summed E-state index contributed by atoms with van der Waals surface area (Å²) in [5, 5.41) is 11.8. The van der Waals surface area contributed by atoms with Crippen LogP contribution in [-0.4, -0.2) is 16.2 Å². The van der Waals surface area contributed by atoms with Crippen LogP contribution in [0.2, 0.25) is 0 Å². The highest BCUT2D eigenvalue weighted by atomic mass is 16.6. The summed E-state index contributed by atoms with van der Waals surface area (Å²) in [7, 11) is 0. The van der Waals surface area contributed by atoms with Gasteiger partial charge in [0.15, 0.2) is 6.20 Å². The van der Waals surface area contributed by atoms with Gasteiger partial charge in [-0.15, -0.1) is 0 Å². The lowest BCUT2D eigenvalue weighted by Crippen LogP contribution is -2.35. The predicted octanol–water partition coefficient (Wildman–Crippen LogP) is 1.24. The number of fused-ring (bicyclic) bond motifs is 3. The molecule has 1 spiro atoms. The first-order valence-corrected chi connectivity index (χ1v) is 5.86. The number of ether oxygens (including phenoxy) is 1. The van der Waals surface area contributed by atoms with Gasteiger partial charge >= 0.3 is 0 Å². The molecule has 0 N–H and O–H groups in total. The molecule has 0 unspecified atom stereocenters. The molecular weight excluding hydrogens is 204 g/mol. The Balaban J connectivity index is 1.96. The van der Waals surface area contributed by atoms with Crippen LogP contribution in [0.25, 0.3) is 0 Å². The SMILES string of the molecule is CC1(C)O[C@]12[C@@H]1CC[C@H]2c2ncc[n+]([O-])c21. The predicted molar refractivity (Wildman–Crippen MR) is 55.8 cm³/mol. The molecule has 1 saturated heterocycles. The molecule has 2 heterocycles. The van der Waals surface area contributed by atoms with Crippen LogP contribution in [0.1, 0.15) is 49.9 Å². The average Bonchev–Trinajstić information content (AvgIpc) is 2.54. The van der Waals surface area contributed by atoms with Gasteiger partial charge in [0.2, 0.25) is 5.69 Å². The summed E-state index contributed by atoms with van der Waals surface area (Å²) >= 11 is 0. The zero-order valence-corrected chi connectivity index (χ0v) is 9.43. The molecule has 1 aromatic heterocycles. The fourth-order valence-electron chi connectivity index (χ4n) is 4.10. The van der Waals surface area contributed by atoms with Gasteiger partial charge in [-0.25, -0.2) is 4.98 Å². The molecule has 84 valence electrons. The molecule has 3 atom stereocenters. The van der Waals surface area contributed by atoms with E-state index in [9.17, 15) is 5.21 Å². The van der Waals surface area contributed by atoms with Gasteiger partial charge in [0.25, 0.3) is 0 Å². The maximum absolute atomic E-state index is 11.8. The van der Waals surface area contributed by atoms with Crippen LogP contribution in [0.3, 0.4) is 0 Å². The second-order valence-electron chi connectivity index (χ2n) is 5.61. The summed E-state index contributed by atoms with van der Waals surface area (Å²) in [4.78, 5) is 4.40. The maximum Gasteiger partial charge on any atom is 0.220 e. The van der Waals surface area contributed by atoms with E-state index in [0.717, 1.165) is 29.0 Å². The summed E-state index contributed by atoms with van der Waals surface area (Å²) in [6.45, 7) is 4.25. The number of epoxide rings is 1. The van der Waals surface area contributed by atoms with E-state index in [-0.39, 0.29) is 17.1 Å². The highest BCUT2D eigenvalue weighted by Gasteiger charge is 2.79. The zero-order valence-electron chi connectivity index (χ0n) is 9.43. The van der Waals surface area contributed by atoms with Crippen molar-refractivity contribution in [3.05, 3.63) is 29.0 Å². The molecule has 0 aromatic carbocycles. The lowest BCUT2D eigenvalue weighted by Gasteiger charge is -2.11. The number of aromatic nitrogens is 2. The van der Waals surface area contributed by atoms with Crippen molar-refractivity contribution in [2.45, 2.75) is 49.7 Å². The van der Waals surface area contributed by atoms with Crippen LogP contribution in [0.5, 0.6) is 0 Å². The summed E-state index contributed by atoms with van der Waals surface area (Å²) in [6.07, 6.45) is 5.28. The standard InChI is InChI=1S/C12H14N2O2/c1-11(2)12(16-11)7-3-4-8(12)10-9(7)13-5-6-14(10)15/h5-8H,3-4H2,1-2H3/t7-,8+,12+/m0/s1. The van der Waals surface area contributed by atoms with Crippen LogP contribution >= 0.6 is 0 Å². The zero-order chi connectivity index (χ0) is 11.1. The van der Waals surface area contributed by atoms with E-state index in [1.807, 2.05) is 0 Å². The van der Waals surface area contributed by atoms with Gasteiger partial charge in [-0.1, -0.05) is 0 Å². The van der Waals surface area contributed by atoms with Crippen molar-refractivity contribution in [3.8, 4) is 0 Å². The van der Waals surface area contributed by atoms with Gasteiger partial charge in [-0.2, -0.15) is 4.73 Å². The molecule has 0 radical (unpaired) electrons. The number of hydrogen-bond donors (Lipinski definition) is 0. The van der Waals surface area contributed by atoms with Crippen molar-refractivity contribution in [2.75, 3.05) is 0 Å². The Hall–Kier alpha value is -1.16. The van der Waals surface area contributed by atoms with E-state index in [1.54, 1.807) is 6.20 Å². The molecule has 3 aliphatic rings. The third kappa shape index (κ3) is 0.696. The fraction of sp³-hybridized carbons (Fsp3) is 0.667. The third-order valence-electron chi connectivity index (χ3n) is 4.68. The molecule has 1 aliphatic heterocycles. The van der Waals surface area contributed by atoms with Crippen molar-refractivity contribution < 1.29 is 9.47 Å². The van der Waals surface area contributed by atoms with Crippen LogP contribution in [0.4, 0.5) is 0 Å². The van der Waals surface area contributed by atoms with Crippen molar-refractivity contribution in [2.24, 2.45) is 0 Å². The molecule has 2 fully saturated rings. The van der Waals surface area contributed by atoms with E-state index in [0.29, 0.717) is 5.92 Å². The van der Waals surface area contributed by atoms with Crippen LogP contribution in [0, 0.1) is 5.21 Å². The number of rotatable bonds is 0. The molecule has 16 heavy (non-hydrogen) atoms. The van der Waals surface area contributed by atoms with Crippen molar-refractivity contribution in [3.63, 3.8) is 0 Å². The summed E-state index contributed by atoms with van der Waals surface area (Å²) in [5.41, 5.74) is 1.64. The Bertz CT molecular complexity index is 500. The molecule has 4 nitrogen and oxygen atoms in total. The summed E-state index contributed by atoms with van der Waals surface area (Å²) < 4.78 is 6.98.